The van der Waals surface area contributed by atoms with Crippen LogP contribution in [0.25, 0.3) is 10.9 Å². The summed E-state index contributed by atoms with van der Waals surface area (Å²) in [6.45, 7) is 5.09. The number of non-ortho nitro benzene ring substituents is 1. The molecule has 0 bridgehead atoms. The minimum atomic E-state index is -1.05. The first-order valence-corrected chi connectivity index (χ1v) is 7.93. The SMILES string of the molecule is COC(=O)[C@H](Cc1c[nH]c2cccc([N+](=O)[O-])c12)NC(=O)OC(C)(C)C. The number of hydrogen-bond acceptors (Lipinski definition) is 6. The van der Waals surface area contributed by atoms with E-state index in [1.165, 1.54) is 13.2 Å². The van der Waals surface area contributed by atoms with Crippen molar-refractivity contribution >= 4 is 28.7 Å². The largest absolute Gasteiger partial charge is 0.467 e. The molecule has 1 aromatic heterocycles. The monoisotopic (exact) mass is 363 g/mol. The fourth-order valence-corrected chi connectivity index (χ4v) is 2.55. The molecule has 0 unspecified atom stereocenters. The first kappa shape index (κ1) is 19.2. The van der Waals surface area contributed by atoms with Gasteiger partial charge in [0, 0.05) is 18.7 Å². The van der Waals surface area contributed by atoms with Crippen molar-refractivity contribution in [1.82, 2.24) is 10.3 Å². The summed E-state index contributed by atoms with van der Waals surface area (Å²) in [4.78, 5) is 37.8. The molecule has 0 aliphatic carbocycles. The highest BCUT2D eigenvalue weighted by atomic mass is 16.6. The number of nitro benzene ring substituents is 1. The maximum atomic E-state index is 12.1. The number of amides is 1. The Labute approximate surface area is 149 Å². The number of benzene rings is 1. The van der Waals surface area contributed by atoms with Crippen LogP contribution in [0.3, 0.4) is 0 Å². The molecule has 0 spiro atoms. The number of rotatable bonds is 5. The number of fused-ring (bicyclic) bond motifs is 1. The topological polar surface area (TPSA) is 124 Å². The molecular weight excluding hydrogens is 342 g/mol. The third-order valence-corrected chi connectivity index (χ3v) is 3.56. The third-order valence-electron chi connectivity index (χ3n) is 3.56. The molecule has 1 atom stereocenters. The average Bonchev–Trinajstić information content (AvgIpc) is 2.94. The van der Waals surface area contributed by atoms with Crippen molar-refractivity contribution in [3.63, 3.8) is 0 Å². The number of aromatic amines is 1. The molecule has 0 radical (unpaired) electrons. The number of carbonyl (C=O) groups excluding carboxylic acids is 2. The maximum absolute atomic E-state index is 12.1. The van der Waals surface area contributed by atoms with Gasteiger partial charge >= 0.3 is 12.1 Å². The number of H-pyrrole nitrogens is 1. The molecule has 2 N–H and O–H groups in total. The van der Waals surface area contributed by atoms with Crippen LogP contribution in [0.15, 0.2) is 24.4 Å². The lowest BCUT2D eigenvalue weighted by Crippen LogP contribution is -2.45. The van der Waals surface area contributed by atoms with Gasteiger partial charge in [0.25, 0.3) is 5.69 Å². The van der Waals surface area contributed by atoms with Gasteiger partial charge in [-0.25, -0.2) is 9.59 Å². The number of methoxy groups -OCH3 is 1. The number of aromatic nitrogens is 1. The number of carbonyl (C=O) groups is 2. The highest BCUT2D eigenvalue weighted by Crippen LogP contribution is 2.29. The molecule has 2 aromatic rings. The van der Waals surface area contributed by atoms with Gasteiger partial charge in [-0.3, -0.25) is 10.1 Å². The van der Waals surface area contributed by atoms with Crippen molar-refractivity contribution in [3.05, 3.63) is 40.1 Å². The van der Waals surface area contributed by atoms with Crippen LogP contribution >= 0.6 is 0 Å². The molecule has 2 rings (SSSR count). The normalized spacial score (nSPS) is 12.5. The van der Waals surface area contributed by atoms with E-state index >= 15 is 0 Å². The van der Waals surface area contributed by atoms with Gasteiger partial charge < -0.3 is 19.8 Å². The maximum Gasteiger partial charge on any atom is 0.408 e. The van der Waals surface area contributed by atoms with Gasteiger partial charge in [-0.1, -0.05) is 6.07 Å². The first-order valence-electron chi connectivity index (χ1n) is 7.93. The standard InChI is InChI=1S/C17H21N3O6/c1-17(2,3)26-16(22)19-12(15(21)25-4)8-10-9-18-11-6-5-7-13(14(10)11)20(23)24/h5-7,9,12,18H,8H2,1-4H3,(H,19,22)/t12-/m0/s1. The fourth-order valence-electron chi connectivity index (χ4n) is 2.55. The van der Waals surface area contributed by atoms with Crippen molar-refractivity contribution < 1.29 is 24.0 Å². The van der Waals surface area contributed by atoms with Crippen LogP contribution in [-0.2, 0) is 20.7 Å². The Kier molecular flexibility index (Phi) is 5.49. The quantitative estimate of drug-likeness (QED) is 0.478. The predicted octanol–water partition coefficient (Wildman–Crippen LogP) is 2.68. The minimum absolute atomic E-state index is 0.0107. The second kappa shape index (κ2) is 7.42. The molecule has 1 amide bonds. The molecule has 1 aromatic carbocycles. The van der Waals surface area contributed by atoms with Crippen molar-refractivity contribution in [2.75, 3.05) is 7.11 Å². The Morgan fingerprint density at radius 3 is 2.62 bits per heavy atom. The van der Waals surface area contributed by atoms with E-state index in [1.807, 2.05) is 0 Å². The number of nitro groups is 1. The number of nitrogens with zero attached hydrogens (tertiary/aromatic N) is 1. The summed E-state index contributed by atoms with van der Waals surface area (Å²) in [7, 11) is 1.20. The Morgan fingerprint density at radius 1 is 1.35 bits per heavy atom. The fraction of sp³-hybridized carbons (Fsp3) is 0.412. The summed E-state index contributed by atoms with van der Waals surface area (Å²) < 4.78 is 9.89. The van der Waals surface area contributed by atoms with Crippen LogP contribution in [0.1, 0.15) is 26.3 Å². The summed E-state index contributed by atoms with van der Waals surface area (Å²) in [6.07, 6.45) is 0.809. The van der Waals surface area contributed by atoms with E-state index in [2.05, 4.69) is 10.3 Å². The molecule has 0 saturated carbocycles. The molecule has 9 nitrogen and oxygen atoms in total. The zero-order chi connectivity index (χ0) is 19.5. The summed E-state index contributed by atoms with van der Waals surface area (Å²) in [5, 5.41) is 14.1. The molecule has 0 aliphatic heterocycles. The van der Waals surface area contributed by atoms with E-state index in [0.717, 1.165) is 0 Å². The molecule has 0 fully saturated rings. The Hall–Kier alpha value is -3.10. The molecule has 26 heavy (non-hydrogen) atoms. The Morgan fingerprint density at radius 2 is 2.04 bits per heavy atom. The summed E-state index contributed by atoms with van der Waals surface area (Å²) in [5.74, 6) is -0.677. The van der Waals surface area contributed by atoms with E-state index in [0.29, 0.717) is 16.5 Å². The molecule has 0 saturated heterocycles. The average molecular weight is 363 g/mol. The van der Waals surface area contributed by atoms with Gasteiger partial charge in [0.2, 0.25) is 0 Å². The van der Waals surface area contributed by atoms with E-state index in [9.17, 15) is 19.7 Å². The van der Waals surface area contributed by atoms with Gasteiger partial charge in [0.1, 0.15) is 11.6 Å². The summed E-state index contributed by atoms with van der Waals surface area (Å²) in [6, 6.07) is 3.60. The van der Waals surface area contributed by atoms with E-state index in [4.69, 9.17) is 9.47 Å². The second-order valence-electron chi connectivity index (χ2n) is 6.70. The second-order valence-corrected chi connectivity index (χ2v) is 6.70. The van der Waals surface area contributed by atoms with Crippen molar-refractivity contribution in [2.24, 2.45) is 0 Å². The molecule has 0 aliphatic rings. The third kappa shape index (κ3) is 4.50. The van der Waals surface area contributed by atoms with Crippen LogP contribution in [0.5, 0.6) is 0 Å². The van der Waals surface area contributed by atoms with E-state index in [1.54, 1.807) is 39.1 Å². The first-order chi connectivity index (χ1) is 12.1. The zero-order valence-electron chi connectivity index (χ0n) is 15.0. The number of alkyl carbamates (subject to hydrolysis) is 1. The molecular formula is C17H21N3O6. The molecule has 140 valence electrons. The Bertz CT molecular complexity index is 837. The number of hydrogen-bond donors (Lipinski definition) is 2. The van der Waals surface area contributed by atoms with Crippen molar-refractivity contribution in [2.45, 2.75) is 38.8 Å². The van der Waals surface area contributed by atoms with Crippen LogP contribution in [0.4, 0.5) is 10.5 Å². The number of esters is 1. The lowest BCUT2D eigenvalue weighted by atomic mass is 10.0. The highest BCUT2D eigenvalue weighted by molar-refractivity contribution is 5.92. The van der Waals surface area contributed by atoms with Gasteiger partial charge in [-0.05, 0) is 32.4 Å². The number of ether oxygens (including phenoxy) is 2. The van der Waals surface area contributed by atoms with Gasteiger partial charge in [0.05, 0.1) is 22.9 Å². The lowest BCUT2D eigenvalue weighted by molar-refractivity contribution is -0.383. The summed E-state index contributed by atoms with van der Waals surface area (Å²) >= 11 is 0. The van der Waals surface area contributed by atoms with E-state index < -0.39 is 28.6 Å². The van der Waals surface area contributed by atoms with Gasteiger partial charge in [-0.15, -0.1) is 0 Å². The van der Waals surface area contributed by atoms with Crippen LogP contribution < -0.4 is 5.32 Å². The molecule has 1 heterocycles. The molecule has 9 heteroatoms. The smallest absolute Gasteiger partial charge is 0.408 e. The van der Waals surface area contributed by atoms with Crippen LogP contribution in [-0.4, -0.2) is 40.7 Å². The number of nitrogens with one attached hydrogen (secondary N) is 2. The highest BCUT2D eigenvalue weighted by Gasteiger charge is 2.27. The minimum Gasteiger partial charge on any atom is -0.467 e. The van der Waals surface area contributed by atoms with Crippen molar-refractivity contribution in [1.29, 1.82) is 0 Å². The Balaban J connectivity index is 2.32. The lowest BCUT2D eigenvalue weighted by Gasteiger charge is -2.22. The van der Waals surface area contributed by atoms with Crippen LogP contribution in [0, 0.1) is 10.1 Å². The summed E-state index contributed by atoms with van der Waals surface area (Å²) in [5.41, 5.74) is 0.262. The van der Waals surface area contributed by atoms with Crippen molar-refractivity contribution in [3.8, 4) is 0 Å². The van der Waals surface area contributed by atoms with Gasteiger partial charge in [-0.2, -0.15) is 0 Å². The van der Waals surface area contributed by atoms with E-state index in [-0.39, 0.29) is 12.1 Å². The predicted molar refractivity (Wildman–Crippen MR) is 93.8 cm³/mol. The zero-order valence-corrected chi connectivity index (χ0v) is 15.0. The van der Waals surface area contributed by atoms with Gasteiger partial charge in [0.15, 0.2) is 0 Å². The van der Waals surface area contributed by atoms with Crippen LogP contribution in [0.2, 0.25) is 0 Å².